The number of ether oxygens (including phenoxy) is 2. The zero-order chi connectivity index (χ0) is 30.4. The number of ketones is 1. The first-order valence-corrected chi connectivity index (χ1v) is 14.6. The molecule has 3 amide bonds. The van der Waals surface area contributed by atoms with Crippen molar-refractivity contribution in [2.45, 2.75) is 58.1 Å². The first-order chi connectivity index (χ1) is 19.9. The van der Waals surface area contributed by atoms with E-state index < -0.39 is 11.4 Å². The summed E-state index contributed by atoms with van der Waals surface area (Å²) in [7, 11) is 0. The molecule has 2 saturated heterocycles. The van der Waals surface area contributed by atoms with Crippen LogP contribution in [0.15, 0.2) is 42.5 Å². The summed E-state index contributed by atoms with van der Waals surface area (Å²) in [6.07, 6.45) is 1.78. The third-order valence-electron chi connectivity index (χ3n) is 7.37. The minimum atomic E-state index is -0.576. The number of amides is 3. The first-order valence-electron chi connectivity index (χ1n) is 14.2. The molecule has 0 aromatic heterocycles. The Morgan fingerprint density at radius 1 is 0.929 bits per heavy atom. The van der Waals surface area contributed by atoms with Crippen LogP contribution in [0.5, 0.6) is 5.75 Å². The van der Waals surface area contributed by atoms with E-state index in [0.29, 0.717) is 62.4 Å². The Kier molecular flexibility index (Phi) is 10.1. The summed E-state index contributed by atoms with van der Waals surface area (Å²) in [6.45, 7) is 6.89. The fraction of sp³-hybridized carbons (Fsp3) is 0.484. The molecule has 0 unspecified atom stereocenters. The van der Waals surface area contributed by atoms with Crippen molar-refractivity contribution in [3.63, 3.8) is 0 Å². The molecule has 0 spiro atoms. The first kappa shape index (κ1) is 31.3. The Morgan fingerprint density at radius 3 is 2.17 bits per heavy atom. The molecule has 2 heterocycles. The lowest BCUT2D eigenvalue weighted by molar-refractivity contribution is -0.134. The van der Waals surface area contributed by atoms with Gasteiger partial charge in [0, 0.05) is 48.7 Å². The second kappa shape index (κ2) is 13.5. The van der Waals surface area contributed by atoms with Crippen LogP contribution in [-0.4, -0.2) is 77.9 Å². The summed E-state index contributed by atoms with van der Waals surface area (Å²) < 4.78 is 24.4. The van der Waals surface area contributed by atoms with Crippen LogP contribution in [0, 0.1) is 11.7 Å². The molecule has 0 bridgehead atoms. The molecule has 42 heavy (non-hydrogen) atoms. The molecule has 9 nitrogen and oxygen atoms in total. The highest BCUT2D eigenvalue weighted by atomic mass is 35.5. The molecule has 2 aliphatic heterocycles. The van der Waals surface area contributed by atoms with E-state index in [1.165, 1.54) is 30.3 Å². The van der Waals surface area contributed by atoms with Gasteiger partial charge < -0.3 is 24.6 Å². The van der Waals surface area contributed by atoms with E-state index in [-0.39, 0.29) is 53.6 Å². The van der Waals surface area contributed by atoms with E-state index >= 15 is 0 Å². The number of rotatable bonds is 7. The van der Waals surface area contributed by atoms with Crippen LogP contribution in [-0.2, 0) is 9.53 Å². The third kappa shape index (κ3) is 8.44. The lowest BCUT2D eigenvalue weighted by atomic mass is 9.89. The number of nitrogens with one attached hydrogen (secondary N) is 1. The molecule has 4 rings (SSSR count). The molecule has 1 N–H and O–H groups in total. The normalized spacial score (nSPS) is 16.6. The molecule has 0 atom stereocenters. The van der Waals surface area contributed by atoms with Gasteiger partial charge in [0.2, 0.25) is 0 Å². The van der Waals surface area contributed by atoms with Crippen LogP contribution in [0.1, 0.15) is 67.2 Å². The molecule has 226 valence electrons. The van der Waals surface area contributed by atoms with Gasteiger partial charge in [-0.05, 0) is 88.9 Å². The lowest BCUT2D eigenvalue weighted by Gasteiger charge is -2.33. The molecular weight excluding hydrogens is 565 g/mol. The van der Waals surface area contributed by atoms with E-state index in [0.717, 1.165) is 0 Å². The predicted molar refractivity (Wildman–Crippen MR) is 155 cm³/mol. The molecule has 0 aliphatic carbocycles. The van der Waals surface area contributed by atoms with Gasteiger partial charge in [0.05, 0.1) is 5.56 Å². The molecule has 2 aliphatic rings. The van der Waals surface area contributed by atoms with E-state index in [2.05, 4.69) is 5.32 Å². The fourth-order valence-corrected chi connectivity index (χ4v) is 5.25. The number of hydrogen-bond donors (Lipinski definition) is 1. The van der Waals surface area contributed by atoms with Crippen LogP contribution in [0.2, 0.25) is 5.02 Å². The summed E-state index contributed by atoms with van der Waals surface area (Å²) in [5.41, 5.74) is 0.104. The standard InChI is InChI=1S/C31H37ClFN3O6/c1-31(2,3)42-30(40)36-16-12-24(13-17-36)34-29(39)25-18-22(32)6-9-26(25)41-19-27(37)35-14-10-21(11-15-35)28(38)20-4-7-23(33)8-5-20/h4-9,18,21,24H,10-17,19H2,1-3H3,(H,34,39). The SMILES string of the molecule is CC(C)(C)OC(=O)N1CCC(NC(=O)c2cc(Cl)ccc2OCC(=O)N2CCC(C(=O)c3ccc(F)cc3)CC2)CC1. The molecule has 0 radical (unpaired) electrons. The van der Waals surface area contributed by atoms with Crippen molar-refractivity contribution in [1.29, 1.82) is 0 Å². The topological polar surface area (TPSA) is 105 Å². The maximum atomic E-state index is 13.2. The molecular formula is C31H37ClFN3O6. The molecule has 2 fully saturated rings. The summed E-state index contributed by atoms with van der Waals surface area (Å²) in [5, 5.41) is 3.34. The Balaban J connectivity index is 1.27. The second-order valence-corrected chi connectivity index (χ2v) is 12.1. The summed E-state index contributed by atoms with van der Waals surface area (Å²) in [5.74, 6) is -1.07. The van der Waals surface area contributed by atoms with Gasteiger partial charge in [-0.3, -0.25) is 14.4 Å². The lowest BCUT2D eigenvalue weighted by Crippen LogP contribution is -2.47. The fourth-order valence-electron chi connectivity index (χ4n) is 5.07. The number of halogens is 2. The quantitative estimate of drug-likeness (QED) is 0.442. The number of nitrogens with zero attached hydrogens (tertiary/aromatic N) is 2. The minimum Gasteiger partial charge on any atom is -0.483 e. The summed E-state index contributed by atoms with van der Waals surface area (Å²) >= 11 is 6.17. The largest absolute Gasteiger partial charge is 0.483 e. The maximum Gasteiger partial charge on any atom is 0.410 e. The zero-order valence-corrected chi connectivity index (χ0v) is 24.9. The molecule has 2 aromatic rings. The van der Waals surface area contributed by atoms with E-state index in [9.17, 15) is 23.6 Å². The molecule has 2 aromatic carbocycles. The van der Waals surface area contributed by atoms with Gasteiger partial charge in [0.1, 0.15) is 17.2 Å². The number of piperidine rings is 2. The van der Waals surface area contributed by atoms with Crippen LogP contribution in [0.25, 0.3) is 0 Å². The van der Waals surface area contributed by atoms with Crippen LogP contribution < -0.4 is 10.1 Å². The van der Waals surface area contributed by atoms with Gasteiger partial charge in [0.15, 0.2) is 12.4 Å². The Labute approximate surface area is 250 Å². The number of benzene rings is 2. The third-order valence-corrected chi connectivity index (χ3v) is 7.60. The summed E-state index contributed by atoms with van der Waals surface area (Å²) in [6, 6.07) is 10.00. The van der Waals surface area contributed by atoms with Gasteiger partial charge in [-0.25, -0.2) is 9.18 Å². The van der Waals surface area contributed by atoms with Crippen molar-refractivity contribution in [1.82, 2.24) is 15.1 Å². The molecule has 0 saturated carbocycles. The molecule has 11 heteroatoms. The Bertz CT molecular complexity index is 1300. The smallest absolute Gasteiger partial charge is 0.410 e. The van der Waals surface area contributed by atoms with Crippen LogP contribution in [0.4, 0.5) is 9.18 Å². The van der Waals surface area contributed by atoms with Crippen molar-refractivity contribution in [3.8, 4) is 5.75 Å². The van der Waals surface area contributed by atoms with Crippen molar-refractivity contribution >= 4 is 35.3 Å². The monoisotopic (exact) mass is 601 g/mol. The number of likely N-dealkylation sites (tertiary alicyclic amines) is 2. The van der Waals surface area contributed by atoms with Crippen molar-refractivity contribution in [2.24, 2.45) is 5.92 Å². The van der Waals surface area contributed by atoms with Crippen LogP contribution in [0.3, 0.4) is 0 Å². The van der Waals surface area contributed by atoms with Gasteiger partial charge in [-0.2, -0.15) is 0 Å². The van der Waals surface area contributed by atoms with Gasteiger partial charge >= 0.3 is 6.09 Å². The maximum absolute atomic E-state index is 13.2. The predicted octanol–water partition coefficient (Wildman–Crippen LogP) is 5.11. The van der Waals surface area contributed by atoms with Gasteiger partial charge in [-0.15, -0.1) is 0 Å². The van der Waals surface area contributed by atoms with Crippen molar-refractivity contribution < 1.29 is 33.0 Å². The minimum absolute atomic E-state index is 0.0503. The Morgan fingerprint density at radius 2 is 1.55 bits per heavy atom. The van der Waals surface area contributed by atoms with Crippen molar-refractivity contribution in [2.75, 3.05) is 32.8 Å². The zero-order valence-electron chi connectivity index (χ0n) is 24.2. The van der Waals surface area contributed by atoms with E-state index in [1.807, 2.05) is 20.8 Å². The second-order valence-electron chi connectivity index (χ2n) is 11.7. The average molecular weight is 602 g/mol. The number of Topliss-reactive ketones (excluding diaryl/α,β-unsaturated/α-hetero) is 1. The highest BCUT2D eigenvalue weighted by Crippen LogP contribution is 2.26. The Hall–Kier alpha value is -3.66. The summed E-state index contributed by atoms with van der Waals surface area (Å²) in [4.78, 5) is 54.4. The highest BCUT2D eigenvalue weighted by molar-refractivity contribution is 6.31. The van der Waals surface area contributed by atoms with E-state index in [4.69, 9.17) is 21.1 Å². The number of carbonyl (C=O) groups is 4. The average Bonchev–Trinajstić information content (AvgIpc) is 2.96. The van der Waals surface area contributed by atoms with Crippen molar-refractivity contribution in [3.05, 3.63) is 64.4 Å². The van der Waals surface area contributed by atoms with Crippen LogP contribution >= 0.6 is 11.6 Å². The van der Waals surface area contributed by atoms with Gasteiger partial charge in [-0.1, -0.05) is 11.6 Å². The van der Waals surface area contributed by atoms with Gasteiger partial charge in [0.25, 0.3) is 11.8 Å². The highest BCUT2D eigenvalue weighted by Gasteiger charge is 2.30. The number of hydrogen-bond acceptors (Lipinski definition) is 6. The number of carbonyl (C=O) groups excluding carboxylic acids is 4. The van der Waals surface area contributed by atoms with E-state index in [1.54, 1.807) is 21.9 Å².